The highest BCUT2D eigenvalue weighted by Crippen LogP contribution is 2.08. The lowest BCUT2D eigenvalue weighted by molar-refractivity contribution is -0.385. The average Bonchev–Trinajstić information content (AvgIpc) is 2.29. The molecule has 1 aromatic rings. The van der Waals surface area contributed by atoms with Crippen LogP contribution in [-0.4, -0.2) is 32.5 Å². The van der Waals surface area contributed by atoms with Crippen molar-refractivity contribution in [3.63, 3.8) is 0 Å². The van der Waals surface area contributed by atoms with Crippen molar-refractivity contribution in [1.29, 1.82) is 0 Å². The van der Waals surface area contributed by atoms with E-state index in [0.717, 1.165) is 12.4 Å². The van der Waals surface area contributed by atoms with Crippen molar-refractivity contribution in [3.8, 4) is 0 Å². The molecule has 1 rings (SSSR count). The number of aliphatic carboxylic acids is 1. The molecular formula is C9H12N4O4. The van der Waals surface area contributed by atoms with E-state index >= 15 is 0 Å². The summed E-state index contributed by atoms with van der Waals surface area (Å²) in [4.78, 5) is 27.7. The van der Waals surface area contributed by atoms with Crippen molar-refractivity contribution < 1.29 is 14.8 Å². The Morgan fingerprint density at radius 1 is 1.59 bits per heavy atom. The van der Waals surface area contributed by atoms with Crippen molar-refractivity contribution in [2.24, 2.45) is 5.92 Å². The maximum Gasteiger partial charge on any atom is 0.306 e. The van der Waals surface area contributed by atoms with Crippen LogP contribution in [-0.2, 0) is 4.79 Å². The molecule has 8 heteroatoms. The van der Waals surface area contributed by atoms with Gasteiger partial charge in [-0.05, 0) is 6.42 Å². The Bertz CT molecular complexity index is 406. The second-order valence-electron chi connectivity index (χ2n) is 3.48. The zero-order valence-electron chi connectivity index (χ0n) is 9.16. The van der Waals surface area contributed by atoms with Gasteiger partial charge in [-0.2, -0.15) is 0 Å². The summed E-state index contributed by atoms with van der Waals surface area (Å²) in [6.07, 6.45) is 2.61. The zero-order valence-corrected chi connectivity index (χ0v) is 9.16. The summed E-state index contributed by atoms with van der Waals surface area (Å²) in [7, 11) is 0. The first-order valence-electron chi connectivity index (χ1n) is 4.94. The van der Waals surface area contributed by atoms with Gasteiger partial charge >= 0.3 is 11.7 Å². The molecule has 0 radical (unpaired) electrons. The number of nitrogens with one attached hydrogen (secondary N) is 1. The number of aromatic nitrogens is 2. The number of rotatable bonds is 6. The Morgan fingerprint density at radius 2 is 2.18 bits per heavy atom. The third kappa shape index (κ3) is 4.01. The maximum absolute atomic E-state index is 10.5. The summed E-state index contributed by atoms with van der Waals surface area (Å²) in [5.41, 5.74) is -0.186. The van der Waals surface area contributed by atoms with Crippen molar-refractivity contribution >= 4 is 17.6 Å². The highest BCUT2D eigenvalue weighted by atomic mass is 16.6. The fourth-order valence-electron chi connectivity index (χ4n) is 1.03. The number of hydrogen-bond donors (Lipinski definition) is 2. The van der Waals surface area contributed by atoms with E-state index in [0.29, 0.717) is 13.0 Å². The molecule has 0 fully saturated rings. The molecule has 0 aromatic carbocycles. The summed E-state index contributed by atoms with van der Waals surface area (Å²) >= 11 is 0. The lowest BCUT2D eigenvalue weighted by atomic mass is 10.1. The highest BCUT2D eigenvalue weighted by molar-refractivity contribution is 5.69. The van der Waals surface area contributed by atoms with Gasteiger partial charge < -0.3 is 10.4 Å². The van der Waals surface area contributed by atoms with Gasteiger partial charge in [-0.1, -0.05) is 6.92 Å². The zero-order chi connectivity index (χ0) is 12.8. The maximum atomic E-state index is 10.5. The SMILES string of the molecule is CC(CCNc1ncc([N+](=O)[O-])cn1)C(=O)O. The van der Waals surface area contributed by atoms with E-state index in [2.05, 4.69) is 15.3 Å². The highest BCUT2D eigenvalue weighted by Gasteiger charge is 2.10. The van der Waals surface area contributed by atoms with Crippen LogP contribution in [0.25, 0.3) is 0 Å². The molecule has 0 saturated heterocycles. The predicted molar refractivity (Wildman–Crippen MR) is 58.6 cm³/mol. The van der Waals surface area contributed by atoms with Gasteiger partial charge in [0.15, 0.2) is 0 Å². The molecule has 0 spiro atoms. The first-order valence-corrected chi connectivity index (χ1v) is 4.94. The largest absolute Gasteiger partial charge is 0.481 e. The number of anilines is 1. The van der Waals surface area contributed by atoms with Crippen LogP contribution in [0.3, 0.4) is 0 Å². The fourth-order valence-corrected chi connectivity index (χ4v) is 1.03. The molecule has 92 valence electrons. The number of nitrogens with zero attached hydrogens (tertiary/aromatic N) is 3. The number of carboxylic acid groups (broad SMARTS) is 1. The van der Waals surface area contributed by atoms with Gasteiger partial charge in [0.05, 0.1) is 10.8 Å². The third-order valence-electron chi connectivity index (χ3n) is 2.13. The minimum absolute atomic E-state index is 0.186. The number of hydrogen-bond acceptors (Lipinski definition) is 6. The van der Waals surface area contributed by atoms with Gasteiger partial charge in [0.1, 0.15) is 12.4 Å². The lowest BCUT2D eigenvalue weighted by Gasteiger charge is -2.06. The minimum atomic E-state index is -0.864. The van der Waals surface area contributed by atoms with E-state index in [1.165, 1.54) is 0 Å². The van der Waals surface area contributed by atoms with E-state index < -0.39 is 16.8 Å². The minimum Gasteiger partial charge on any atom is -0.481 e. The second-order valence-corrected chi connectivity index (χ2v) is 3.48. The van der Waals surface area contributed by atoms with Gasteiger partial charge in [-0.15, -0.1) is 0 Å². The van der Waals surface area contributed by atoms with Gasteiger partial charge in [0.2, 0.25) is 5.95 Å². The normalized spacial score (nSPS) is 11.8. The van der Waals surface area contributed by atoms with Gasteiger partial charge in [0, 0.05) is 6.54 Å². The summed E-state index contributed by atoms with van der Waals surface area (Å²) in [6.45, 7) is 1.99. The van der Waals surface area contributed by atoms with Crippen LogP contribution in [0.1, 0.15) is 13.3 Å². The van der Waals surface area contributed by atoms with Gasteiger partial charge in [-0.25, -0.2) is 9.97 Å². The van der Waals surface area contributed by atoms with Crippen molar-refractivity contribution in [1.82, 2.24) is 9.97 Å². The van der Waals surface area contributed by atoms with Crippen LogP contribution in [0.4, 0.5) is 11.6 Å². The summed E-state index contributed by atoms with van der Waals surface area (Å²) in [5, 5.41) is 21.8. The average molecular weight is 240 g/mol. The second kappa shape index (κ2) is 5.73. The van der Waals surface area contributed by atoms with E-state index in [4.69, 9.17) is 5.11 Å². The van der Waals surface area contributed by atoms with Crippen LogP contribution in [0.2, 0.25) is 0 Å². The Balaban J connectivity index is 2.42. The molecule has 1 aromatic heterocycles. The Kier molecular flexibility index (Phi) is 4.32. The van der Waals surface area contributed by atoms with E-state index in [1.54, 1.807) is 6.92 Å². The fraction of sp³-hybridized carbons (Fsp3) is 0.444. The molecule has 0 aliphatic carbocycles. The Hall–Kier alpha value is -2.25. The number of nitro groups is 1. The molecule has 0 bridgehead atoms. The van der Waals surface area contributed by atoms with Crippen LogP contribution < -0.4 is 5.32 Å². The van der Waals surface area contributed by atoms with Gasteiger partial charge in [-0.3, -0.25) is 14.9 Å². The molecule has 0 aliphatic heterocycles. The standard InChI is InChI=1S/C9H12N4O4/c1-6(8(14)15)2-3-10-9-11-4-7(5-12-9)13(16)17/h4-6H,2-3H2,1H3,(H,14,15)(H,10,11,12). The molecule has 1 unspecified atom stereocenters. The van der Waals surface area contributed by atoms with Crippen LogP contribution >= 0.6 is 0 Å². The quantitative estimate of drug-likeness (QED) is 0.560. The van der Waals surface area contributed by atoms with E-state index in [9.17, 15) is 14.9 Å². The van der Waals surface area contributed by atoms with E-state index in [-0.39, 0.29) is 11.6 Å². The Morgan fingerprint density at radius 3 is 2.65 bits per heavy atom. The monoisotopic (exact) mass is 240 g/mol. The smallest absolute Gasteiger partial charge is 0.306 e. The van der Waals surface area contributed by atoms with Crippen molar-refractivity contribution in [2.45, 2.75) is 13.3 Å². The van der Waals surface area contributed by atoms with Crippen LogP contribution in [0.5, 0.6) is 0 Å². The molecule has 8 nitrogen and oxygen atoms in total. The molecule has 0 amide bonds. The molecule has 1 heterocycles. The molecule has 2 N–H and O–H groups in total. The van der Waals surface area contributed by atoms with E-state index in [1.807, 2.05) is 0 Å². The molecule has 17 heavy (non-hydrogen) atoms. The van der Waals surface area contributed by atoms with Crippen molar-refractivity contribution in [3.05, 3.63) is 22.5 Å². The summed E-state index contributed by atoms with van der Waals surface area (Å²) in [6, 6.07) is 0. The molecule has 0 saturated carbocycles. The van der Waals surface area contributed by atoms with Crippen molar-refractivity contribution in [2.75, 3.05) is 11.9 Å². The third-order valence-corrected chi connectivity index (χ3v) is 2.13. The first-order chi connectivity index (χ1) is 8.00. The topological polar surface area (TPSA) is 118 Å². The predicted octanol–water partition coefficient (Wildman–Crippen LogP) is 0.907. The number of carboxylic acids is 1. The molecular weight excluding hydrogens is 228 g/mol. The first kappa shape index (κ1) is 12.8. The Labute approximate surface area is 96.9 Å². The molecule has 0 aliphatic rings. The van der Waals surface area contributed by atoms with Crippen LogP contribution in [0, 0.1) is 16.0 Å². The van der Waals surface area contributed by atoms with Crippen LogP contribution in [0.15, 0.2) is 12.4 Å². The summed E-state index contributed by atoms with van der Waals surface area (Å²) < 4.78 is 0. The lowest BCUT2D eigenvalue weighted by Crippen LogP contribution is -2.15. The van der Waals surface area contributed by atoms with Gasteiger partial charge in [0.25, 0.3) is 0 Å². The summed E-state index contributed by atoms with van der Waals surface area (Å²) in [5.74, 6) is -1.08. The number of carbonyl (C=O) groups is 1. The molecule has 1 atom stereocenters.